The molecule has 0 aliphatic rings. The SMILES string of the molecule is CC(N)Cc1nc(CCC(=O)O)cs1. The summed E-state index contributed by atoms with van der Waals surface area (Å²) in [6.45, 7) is 1.93. The lowest BCUT2D eigenvalue weighted by molar-refractivity contribution is -0.136. The van der Waals surface area contributed by atoms with Gasteiger partial charge in [-0.1, -0.05) is 0 Å². The molecule has 0 spiro atoms. The van der Waals surface area contributed by atoms with Crippen LogP contribution < -0.4 is 5.73 Å². The number of carboxylic acid groups (broad SMARTS) is 1. The fourth-order valence-corrected chi connectivity index (χ4v) is 2.04. The van der Waals surface area contributed by atoms with Gasteiger partial charge in [-0.25, -0.2) is 4.98 Å². The fourth-order valence-electron chi connectivity index (χ4n) is 1.07. The first-order chi connectivity index (χ1) is 6.58. The van der Waals surface area contributed by atoms with E-state index < -0.39 is 5.97 Å². The molecule has 1 atom stereocenters. The molecule has 0 aliphatic carbocycles. The summed E-state index contributed by atoms with van der Waals surface area (Å²) in [4.78, 5) is 14.6. The van der Waals surface area contributed by atoms with Gasteiger partial charge < -0.3 is 10.8 Å². The molecular formula is C9H14N2O2S. The topological polar surface area (TPSA) is 76.2 Å². The molecule has 14 heavy (non-hydrogen) atoms. The first kappa shape index (κ1) is 11.1. The fraction of sp³-hybridized carbons (Fsp3) is 0.556. The summed E-state index contributed by atoms with van der Waals surface area (Å²) in [5, 5.41) is 11.4. The minimum Gasteiger partial charge on any atom is -0.481 e. The van der Waals surface area contributed by atoms with Gasteiger partial charge in [0, 0.05) is 24.3 Å². The van der Waals surface area contributed by atoms with E-state index >= 15 is 0 Å². The molecule has 1 rings (SSSR count). The number of hydrogen-bond donors (Lipinski definition) is 2. The summed E-state index contributed by atoms with van der Waals surface area (Å²) in [5.41, 5.74) is 6.48. The highest BCUT2D eigenvalue weighted by Crippen LogP contribution is 2.12. The van der Waals surface area contributed by atoms with Crippen LogP contribution in [-0.4, -0.2) is 22.1 Å². The average molecular weight is 214 g/mol. The molecular weight excluding hydrogens is 200 g/mol. The van der Waals surface area contributed by atoms with E-state index in [9.17, 15) is 4.79 Å². The van der Waals surface area contributed by atoms with E-state index in [1.807, 2.05) is 12.3 Å². The molecule has 78 valence electrons. The molecule has 0 aliphatic heterocycles. The Morgan fingerprint density at radius 2 is 2.50 bits per heavy atom. The summed E-state index contributed by atoms with van der Waals surface area (Å²) >= 11 is 1.55. The molecule has 1 heterocycles. The average Bonchev–Trinajstić information content (AvgIpc) is 2.47. The Morgan fingerprint density at radius 3 is 3.07 bits per heavy atom. The van der Waals surface area contributed by atoms with E-state index in [0.29, 0.717) is 6.42 Å². The third-order valence-corrected chi connectivity index (χ3v) is 2.61. The summed E-state index contributed by atoms with van der Waals surface area (Å²) in [5.74, 6) is -0.785. The first-order valence-corrected chi connectivity index (χ1v) is 5.36. The standard InChI is InChI=1S/C9H14N2O2S/c1-6(10)4-8-11-7(5-14-8)2-3-9(12)13/h5-6H,2-4,10H2,1H3,(H,12,13). The van der Waals surface area contributed by atoms with Crippen LogP contribution in [0, 0.1) is 0 Å². The van der Waals surface area contributed by atoms with Gasteiger partial charge in [-0.05, 0) is 6.92 Å². The minimum absolute atomic E-state index is 0.105. The van der Waals surface area contributed by atoms with Crippen molar-refractivity contribution in [2.75, 3.05) is 0 Å². The smallest absolute Gasteiger partial charge is 0.303 e. The van der Waals surface area contributed by atoms with Crippen molar-refractivity contribution in [3.63, 3.8) is 0 Å². The number of carbonyl (C=O) groups is 1. The molecule has 0 radical (unpaired) electrons. The quantitative estimate of drug-likeness (QED) is 0.768. The lowest BCUT2D eigenvalue weighted by atomic mass is 10.2. The Labute approximate surface area is 86.8 Å². The van der Waals surface area contributed by atoms with Gasteiger partial charge in [0.05, 0.1) is 17.1 Å². The molecule has 0 saturated heterocycles. The zero-order chi connectivity index (χ0) is 10.6. The van der Waals surface area contributed by atoms with Crippen molar-refractivity contribution >= 4 is 17.3 Å². The number of carboxylic acids is 1. The van der Waals surface area contributed by atoms with Gasteiger partial charge in [0.15, 0.2) is 0 Å². The van der Waals surface area contributed by atoms with Crippen LogP contribution in [0.2, 0.25) is 0 Å². The van der Waals surface area contributed by atoms with Gasteiger partial charge in [0.25, 0.3) is 0 Å². The number of aromatic nitrogens is 1. The molecule has 4 nitrogen and oxygen atoms in total. The van der Waals surface area contributed by atoms with Crippen LogP contribution in [-0.2, 0) is 17.6 Å². The van der Waals surface area contributed by atoms with Crippen molar-refractivity contribution in [1.82, 2.24) is 4.98 Å². The van der Waals surface area contributed by atoms with Gasteiger partial charge >= 0.3 is 5.97 Å². The Bertz CT molecular complexity index is 310. The predicted octanol–water partition coefficient (Wildman–Crippen LogP) is 1.05. The van der Waals surface area contributed by atoms with E-state index in [0.717, 1.165) is 17.1 Å². The summed E-state index contributed by atoms with van der Waals surface area (Å²) < 4.78 is 0. The van der Waals surface area contributed by atoms with E-state index in [1.54, 1.807) is 11.3 Å². The van der Waals surface area contributed by atoms with E-state index in [2.05, 4.69) is 4.98 Å². The number of nitrogens with two attached hydrogens (primary N) is 1. The maximum Gasteiger partial charge on any atom is 0.303 e. The van der Waals surface area contributed by atoms with Crippen LogP contribution in [0.3, 0.4) is 0 Å². The zero-order valence-corrected chi connectivity index (χ0v) is 8.88. The maximum atomic E-state index is 10.3. The molecule has 1 aromatic heterocycles. The number of aliphatic carboxylic acids is 1. The summed E-state index contributed by atoms with van der Waals surface area (Å²) in [6.07, 6.45) is 1.41. The van der Waals surface area contributed by atoms with E-state index in [-0.39, 0.29) is 12.5 Å². The Hall–Kier alpha value is -0.940. The van der Waals surface area contributed by atoms with Crippen molar-refractivity contribution in [2.45, 2.75) is 32.2 Å². The molecule has 0 amide bonds. The van der Waals surface area contributed by atoms with Crippen molar-refractivity contribution in [1.29, 1.82) is 0 Å². The minimum atomic E-state index is -0.785. The van der Waals surface area contributed by atoms with Crippen molar-refractivity contribution in [2.24, 2.45) is 5.73 Å². The highest BCUT2D eigenvalue weighted by molar-refractivity contribution is 7.09. The zero-order valence-electron chi connectivity index (χ0n) is 8.06. The molecule has 0 bridgehead atoms. The second-order valence-corrected chi connectivity index (χ2v) is 4.25. The van der Waals surface area contributed by atoms with Gasteiger partial charge in [0.1, 0.15) is 0 Å². The number of aryl methyl sites for hydroxylation is 1. The largest absolute Gasteiger partial charge is 0.481 e. The highest BCUT2D eigenvalue weighted by Gasteiger charge is 2.05. The first-order valence-electron chi connectivity index (χ1n) is 4.48. The lowest BCUT2D eigenvalue weighted by Crippen LogP contribution is -2.17. The third kappa shape index (κ3) is 3.85. The second kappa shape index (κ2) is 5.07. The molecule has 0 aromatic carbocycles. The number of hydrogen-bond acceptors (Lipinski definition) is 4. The van der Waals surface area contributed by atoms with E-state index in [4.69, 9.17) is 10.8 Å². The summed E-state index contributed by atoms with van der Waals surface area (Å²) in [7, 11) is 0. The van der Waals surface area contributed by atoms with Crippen LogP contribution in [0.25, 0.3) is 0 Å². The number of thiazole rings is 1. The molecule has 0 fully saturated rings. The van der Waals surface area contributed by atoms with Crippen LogP contribution in [0.4, 0.5) is 0 Å². The van der Waals surface area contributed by atoms with E-state index in [1.165, 1.54) is 0 Å². The van der Waals surface area contributed by atoms with Crippen molar-refractivity contribution in [3.8, 4) is 0 Å². The van der Waals surface area contributed by atoms with Gasteiger partial charge in [-0.2, -0.15) is 0 Å². The highest BCUT2D eigenvalue weighted by atomic mass is 32.1. The Kier molecular flexibility index (Phi) is 4.03. The third-order valence-electron chi connectivity index (χ3n) is 1.69. The molecule has 1 aromatic rings. The normalized spacial score (nSPS) is 12.7. The van der Waals surface area contributed by atoms with Crippen LogP contribution >= 0.6 is 11.3 Å². The van der Waals surface area contributed by atoms with Crippen LogP contribution in [0.5, 0.6) is 0 Å². The van der Waals surface area contributed by atoms with Crippen LogP contribution in [0.15, 0.2) is 5.38 Å². The Morgan fingerprint density at radius 1 is 1.79 bits per heavy atom. The number of rotatable bonds is 5. The summed E-state index contributed by atoms with van der Waals surface area (Å²) in [6, 6.07) is 0.105. The second-order valence-electron chi connectivity index (χ2n) is 3.31. The van der Waals surface area contributed by atoms with Gasteiger partial charge in [0.2, 0.25) is 0 Å². The lowest BCUT2D eigenvalue weighted by Gasteiger charge is -1.99. The molecule has 5 heteroatoms. The Balaban J connectivity index is 2.46. The van der Waals surface area contributed by atoms with Gasteiger partial charge in [-0.15, -0.1) is 11.3 Å². The van der Waals surface area contributed by atoms with Crippen molar-refractivity contribution < 1.29 is 9.90 Å². The maximum absolute atomic E-state index is 10.3. The predicted molar refractivity (Wildman–Crippen MR) is 55.4 cm³/mol. The van der Waals surface area contributed by atoms with Gasteiger partial charge in [-0.3, -0.25) is 4.79 Å². The van der Waals surface area contributed by atoms with Crippen molar-refractivity contribution in [3.05, 3.63) is 16.1 Å². The molecule has 3 N–H and O–H groups in total. The molecule has 1 unspecified atom stereocenters. The monoisotopic (exact) mass is 214 g/mol. The molecule has 0 saturated carbocycles. The number of nitrogens with zero attached hydrogens (tertiary/aromatic N) is 1. The van der Waals surface area contributed by atoms with Crippen LogP contribution in [0.1, 0.15) is 24.0 Å².